The van der Waals surface area contributed by atoms with Crippen LogP contribution in [0, 0.1) is 19.8 Å². The third-order valence-electron chi connectivity index (χ3n) is 6.19. The van der Waals surface area contributed by atoms with E-state index >= 15 is 0 Å². The first kappa shape index (κ1) is 23.3. The number of guanidine groups is 1. The lowest BCUT2D eigenvalue weighted by Gasteiger charge is -2.30. The number of oxazole rings is 1. The van der Waals surface area contributed by atoms with Crippen LogP contribution in [0.15, 0.2) is 33.7 Å². The molecule has 3 rings (SSSR count). The highest BCUT2D eigenvalue weighted by Gasteiger charge is 2.21. The second-order valence-corrected chi connectivity index (χ2v) is 8.69. The Morgan fingerprint density at radius 1 is 1.16 bits per heavy atom. The van der Waals surface area contributed by atoms with E-state index in [4.69, 9.17) is 9.41 Å². The average molecular weight is 426 g/mol. The number of nitrogens with zero attached hydrogens (tertiary/aromatic N) is 4. The van der Waals surface area contributed by atoms with Gasteiger partial charge in [-0.15, -0.1) is 0 Å². The van der Waals surface area contributed by atoms with E-state index in [1.807, 2.05) is 13.8 Å². The van der Waals surface area contributed by atoms with Gasteiger partial charge in [0.2, 0.25) is 5.89 Å². The van der Waals surface area contributed by atoms with Crippen LogP contribution in [0.25, 0.3) is 0 Å². The maximum atomic E-state index is 5.75. The summed E-state index contributed by atoms with van der Waals surface area (Å²) < 4.78 is 5.75. The third-order valence-corrected chi connectivity index (χ3v) is 6.19. The molecule has 6 nitrogen and oxygen atoms in total. The maximum Gasteiger partial charge on any atom is 0.208 e. The third kappa shape index (κ3) is 6.82. The number of aryl methyl sites for hydroxylation is 3. The zero-order valence-corrected chi connectivity index (χ0v) is 19.9. The Labute approximate surface area is 187 Å². The number of benzene rings is 1. The van der Waals surface area contributed by atoms with Gasteiger partial charge in [-0.3, -0.25) is 9.89 Å². The van der Waals surface area contributed by atoms with Gasteiger partial charge in [-0.1, -0.05) is 31.2 Å². The van der Waals surface area contributed by atoms with Gasteiger partial charge in [-0.2, -0.15) is 0 Å². The van der Waals surface area contributed by atoms with Gasteiger partial charge in [0.15, 0.2) is 5.96 Å². The van der Waals surface area contributed by atoms with Crippen LogP contribution >= 0.6 is 0 Å². The molecule has 0 saturated carbocycles. The lowest BCUT2D eigenvalue weighted by Crippen LogP contribution is -2.39. The minimum atomic E-state index is 0.634. The van der Waals surface area contributed by atoms with Crippen LogP contribution in [-0.2, 0) is 19.5 Å². The number of likely N-dealkylation sites (tertiary alicyclic amines) is 1. The van der Waals surface area contributed by atoms with Gasteiger partial charge in [0.05, 0.1) is 12.2 Å². The molecule has 0 unspecified atom stereocenters. The van der Waals surface area contributed by atoms with Gasteiger partial charge in [-0.05, 0) is 70.2 Å². The standard InChI is InChI=1S/C25H39N5O/c1-6-21-8-10-23(11-9-21)17-29(5)25(26-7-2)27-16-22-12-14-30(15-13-22)18-24-28-19(3)20(4)31-24/h8-11,22H,6-7,12-18H2,1-5H3,(H,26,27). The van der Waals surface area contributed by atoms with E-state index in [0.717, 1.165) is 69.0 Å². The Morgan fingerprint density at radius 2 is 1.84 bits per heavy atom. The maximum absolute atomic E-state index is 5.75. The van der Waals surface area contributed by atoms with Crippen LogP contribution in [0.5, 0.6) is 0 Å². The van der Waals surface area contributed by atoms with Gasteiger partial charge < -0.3 is 14.6 Å². The fourth-order valence-corrected chi connectivity index (χ4v) is 4.04. The summed E-state index contributed by atoms with van der Waals surface area (Å²) >= 11 is 0. The van der Waals surface area contributed by atoms with E-state index in [1.165, 1.54) is 24.0 Å². The molecular formula is C25H39N5O. The van der Waals surface area contributed by atoms with Gasteiger partial charge >= 0.3 is 0 Å². The Bertz CT molecular complexity index is 815. The zero-order valence-electron chi connectivity index (χ0n) is 19.9. The number of nitrogens with one attached hydrogen (secondary N) is 1. The lowest BCUT2D eigenvalue weighted by molar-refractivity contribution is 0.166. The number of hydrogen-bond donors (Lipinski definition) is 1. The molecule has 0 aliphatic carbocycles. The van der Waals surface area contributed by atoms with Crippen molar-refractivity contribution in [3.05, 3.63) is 52.7 Å². The molecule has 1 aromatic heterocycles. The lowest BCUT2D eigenvalue weighted by atomic mass is 9.97. The van der Waals surface area contributed by atoms with Crippen molar-refractivity contribution in [3.63, 3.8) is 0 Å². The van der Waals surface area contributed by atoms with Crippen molar-refractivity contribution in [1.29, 1.82) is 0 Å². The molecule has 1 fully saturated rings. The topological polar surface area (TPSA) is 56.9 Å². The van der Waals surface area contributed by atoms with Crippen molar-refractivity contribution in [2.45, 2.75) is 60.0 Å². The number of rotatable bonds is 8. The molecule has 31 heavy (non-hydrogen) atoms. The molecule has 2 heterocycles. The smallest absolute Gasteiger partial charge is 0.208 e. The van der Waals surface area contributed by atoms with Crippen LogP contribution in [0.1, 0.15) is 55.2 Å². The summed E-state index contributed by atoms with van der Waals surface area (Å²) in [5.41, 5.74) is 3.70. The molecule has 2 aromatic rings. The predicted octanol–water partition coefficient (Wildman–Crippen LogP) is 4.16. The molecule has 1 N–H and O–H groups in total. The highest BCUT2D eigenvalue weighted by molar-refractivity contribution is 5.79. The quantitative estimate of drug-likeness (QED) is 0.508. The molecule has 0 amide bonds. The minimum absolute atomic E-state index is 0.634. The molecule has 1 aliphatic rings. The van der Waals surface area contributed by atoms with Crippen molar-refractivity contribution in [2.75, 3.05) is 33.2 Å². The van der Waals surface area contributed by atoms with E-state index in [9.17, 15) is 0 Å². The molecular weight excluding hydrogens is 386 g/mol. The molecule has 0 atom stereocenters. The molecule has 0 spiro atoms. The molecule has 6 heteroatoms. The Kier molecular flexibility index (Phi) is 8.52. The molecule has 1 saturated heterocycles. The van der Waals surface area contributed by atoms with E-state index < -0.39 is 0 Å². The first-order valence-corrected chi connectivity index (χ1v) is 11.7. The summed E-state index contributed by atoms with van der Waals surface area (Å²) in [6, 6.07) is 8.90. The van der Waals surface area contributed by atoms with Crippen molar-refractivity contribution < 1.29 is 4.42 Å². The first-order valence-electron chi connectivity index (χ1n) is 11.7. The van der Waals surface area contributed by atoms with E-state index in [-0.39, 0.29) is 0 Å². The number of piperidine rings is 1. The normalized spacial score (nSPS) is 16.0. The van der Waals surface area contributed by atoms with E-state index in [0.29, 0.717) is 5.92 Å². The Morgan fingerprint density at radius 3 is 2.42 bits per heavy atom. The number of aliphatic imine (C=N–C) groups is 1. The summed E-state index contributed by atoms with van der Waals surface area (Å²) in [4.78, 5) is 14.2. The van der Waals surface area contributed by atoms with Gasteiger partial charge in [0.1, 0.15) is 5.76 Å². The molecule has 1 aliphatic heterocycles. The highest BCUT2D eigenvalue weighted by Crippen LogP contribution is 2.20. The number of aromatic nitrogens is 1. The number of hydrogen-bond acceptors (Lipinski definition) is 4. The van der Waals surface area contributed by atoms with Crippen molar-refractivity contribution in [1.82, 2.24) is 20.1 Å². The molecule has 1 aromatic carbocycles. The fourth-order valence-electron chi connectivity index (χ4n) is 4.04. The minimum Gasteiger partial charge on any atom is -0.444 e. The molecule has 170 valence electrons. The SMILES string of the molecule is CCNC(=NCC1CCN(Cc2nc(C)c(C)o2)CC1)N(C)Cc1ccc(CC)cc1. The van der Waals surface area contributed by atoms with Crippen molar-refractivity contribution >= 4 is 5.96 Å². The van der Waals surface area contributed by atoms with Gasteiger partial charge in [0, 0.05) is 26.7 Å². The van der Waals surface area contributed by atoms with Crippen molar-refractivity contribution in [3.8, 4) is 0 Å². The van der Waals surface area contributed by atoms with E-state index in [1.54, 1.807) is 0 Å². The molecule has 0 bridgehead atoms. The van der Waals surface area contributed by atoms with Crippen LogP contribution < -0.4 is 5.32 Å². The van der Waals surface area contributed by atoms with Crippen LogP contribution in [0.4, 0.5) is 0 Å². The predicted molar refractivity (Wildman–Crippen MR) is 127 cm³/mol. The first-order chi connectivity index (χ1) is 15.0. The monoisotopic (exact) mass is 425 g/mol. The highest BCUT2D eigenvalue weighted by atomic mass is 16.4. The summed E-state index contributed by atoms with van der Waals surface area (Å²) in [5.74, 6) is 3.40. The molecule has 0 radical (unpaired) electrons. The summed E-state index contributed by atoms with van der Waals surface area (Å²) in [5, 5.41) is 3.46. The summed E-state index contributed by atoms with van der Waals surface area (Å²) in [7, 11) is 2.12. The van der Waals surface area contributed by atoms with Gasteiger partial charge in [0.25, 0.3) is 0 Å². The van der Waals surface area contributed by atoms with Crippen LogP contribution in [-0.4, -0.2) is 54.0 Å². The Balaban J connectivity index is 1.49. The largest absolute Gasteiger partial charge is 0.444 e. The summed E-state index contributed by atoms with van der Waals surface area (Å²) in [6.45, 7) is 13.9. The van der Waals surface area contributed by atoms with Crippen LogP contribution in [0.2, 0.25) is 0 Å². The zero-order chi connectivity index (χ0) is 22.2. The van der Waals surface area contributed by atoms with Crippen LogP contribution in [0.3, 0.4) is 0 Å². The van der Waals surface area contributed by atoms with Gasteiger partial charge in [-0.25, -0.2) is 4.98 Å². The Hall–Kier alpha value is -2.34. The fraction of sp³-hybridized carbons (Fsp3) is 0.600. The second kappa shape index (κ2) is 11.3. The van der Waals surface area contributed by atoms with E-state index in [2.05, 4.69) is 65.3 Å². The average Bonchev–Trinajstić information content (AvgIpc) is 3.09. The summed E-state index contributed by atoms with van der Waals surface area (Å²) in [6.07, 6.45) is 3.42. The van der Waals surface area contributed by atoms with Crippen molar-refractivity contribution in [2.24, 2.45) is 10.9 Å². The second-order valence-electron chi connectivity index (χ2n) is 8.69.